The van der Waals surface area contributed by atoms with Gasteiger partial charge in [-0.05, 0) is 29.5 Å². The summed E-state index contributed by atoms with van der Waals surface area (Å²) in [7, 11) is 0. The highest BCUT2D eigenvalue weighted by Crippen LogP contribution is 2.22. The molecule has 0 aliphatic heterocycles. The van der Waals surface area contributed by atoms with Crippen LogP contribution in [-0.2, 0) is 0 Å². The van der Waals surface area contributed by atoms with Crippen molar-refractivity contribution in [1.82, 2.24) is 25.1 Å². The first kappa shape index (κ1) is 13.1. The van der Waals surface area contributed by atoms with Crippen molar-refractivity contribution in [3.8, 4) is 0 Å². The normalized spacial score (nSPS) is 11.0. The molecular formula is C11H7F2IN6. The van der Waals surface area contributed by atoms with Crippen LogP contribution in [-0.4, -0.2) is 25.1 Å². The number of hydrogen-bond acceptors (Lipinski definition) is 5. The molecule has 0 unspecified atom stereocenters. The Kier molecular flexibility index (Phi) is 3.20. The quantitative estimate of drug-likeness (QED) is 0.660. The van der Waals surface area contributed by atoms with E-state index >= 15 is 0 Å². The third-order valence-electron chi connectivity index (χ3n) is 2.59. The lowest BCUT2D eigenvalue weighted by Gasteiger charge is -2.06. The predicted octanol–water partition coefficient (Wildman–Crippen LogP) is 2.68. The van der Waals surface area contributed by atoms with Gasteiger partial charge in [-0.25, -0.2) is 18.7 Å². The van der Waals surface area contributed by atoms with Crippen molar-refractivity contribution in [3.63, 3.8) is 0 Å². The molecule has 0 fully saturated rings. The number of anilines is 2. The maximum Gasteiger partial charge on any atom is 0.230 e. The SMILES string of the molecule is Cc1nc(Nc2ncc(F)cc2F)nc2[nH]nc(I)c12. The third-order valence-corrected chi connectivity index (χ3v) is 3.37. The lowest BCUT2D eigenvalue weighted by molar-refractivity contribution is 0.576. The van der Waals surface area contributed by atoms with E-state index in [2.05, 4.69) is 53.1 Å². The number of nitrogens with zero attached hydrogens (tertiary/aromatic N) is 4. The molecule has 3 heterocycles. The zero-order valence-corrected chi connectivity index (χ0v) is 12.2. The van der Waals surface area contributed by atoms with E-state index in [-0.39, 0.29) is 11.8 Å². The number of hydrogen-bond donors (Lipinski definition) is 2. The first-order valence-corrected chi connectivity index (χ1v) is 6.59. The van der Waals surface area contributed by atoms with E-state index in [1.807, 2.05) is 0 Å². The van der Waals surface area contributed by atoms with Crippen LogP contribution in [0.5, 0.6) is 0 Å². The van der Waals surface area contributed by atoms with E-state index in [1.54, 1.807) is 6.92 Å². The van der Waals surface area contributed by atoms with Crippen LogP contribution < -0.4 is 5.32 Å². The Balaban J connectivity index is 2.02. The van der Waals surface area contributed by atoms with Crippen LogP contribution >= 0.6 is 22.6 Å². The van der Waals surface area contributed by atoms with Crippen molar-refractivity contribution in [2.45, 2.75) is 6.92 Å². The van der Waals surface area contributed by atoms with E-state index in [0.29, 0.717) is 11.3 Å². The number of aryl methyl sites for hydroxylation is 1. The minimum atomic E-state index is -0.814. The summed E-state index contributed by atoms with van der Waals surface area (Å²) in [5.41, 5.74) is 1.23. The zero-order chi connectivity index (χ0) is 14.3. The first-order chi connectivity index (χ1) is 9.54. The van der Waals surface area contributed by atoms with E-state index in [9.17, 15) is 8.78 Å². The van der Waals surface area contributed by atoms with Gasteiger partial charge in [-0.15, -0.1) is 0 Å². The summed E-state index contributed by atoms with van der Waals surface area (Å²) in [5.74, 6) is -1.54. The second kappa shape index (κ2) is 4.89. The Hall–Kier alpha value is -1.91. The average molecular weight is 388 g/mol. The van der Waals surface area contributed by atoms with Gasteiger partial charge < -0.3 is 5.32 Å². The van der Waals surface area contributed by atoms with Gasteiger partial charge in [-0.3, -0.25) is 5.10 Å². The summed E-state index contributed by atoms with van der Waals surface area (Å²) >= 11 is 2.07. The summed E-state index contributed by atoms with van der Waals surface area (Å²) < 4.78 is 27.1. The first-order valence-electron chi connectivity index (χ1n) is 5.51. The molecule has 0 aromatic carbocycles. The largest absolute Gasteiger partial charge is 0.306 e. The molecule has 2 N–H and O–H groups in total. The van der Waals surface area contributed by atoms with E-state index in [4.69, 9.17) is 0 Å². The highest BCUT2D eigenvalue weighted by atomic mass is 127. The third kappa shape index (κ3) is 2.28. The monoisotopic (exact) mass is 388 g/mol. The molecule has 0 aliphatic rings. The molecule has 3 aromatic heterocycles. The number of aromatic amines is 1. The highest BCUT2D eigenvalue weighted by molar-refractivity contribution is 14.1. The molecule has 3 aromatic rings. The highest BCUT2D eigenvalue weighted by Gasteiger charge is 2.12. The van der Waals surface area contributed by atoms with Gasteiger partial charge in [0.1, 0.15) is 9.52 Å². The predicted molar refractivity (Wildman–Crippen MR) is 76.6 cm³/mol. The van der Waals surface area contributed by atoms with Crippen molar-refractivity contribution in [2.24, 2.45) is 0 Å². The number of halogens is 3. The van der Waals surface area contributed by atoms with Crippen LogP contribution in [0, 0.1) is 22.3 Å². The van der Waals surface area contributed by atoms with Crippen LogP contribution in [0.25, 0.3) is 11.0 Å². The number of pyridine rings is 1. The van der Waals surface area contributed by atoms with Crippen LogP contribution in [0.3, 0.4) is 0 Å². The van der Waals surface area contributed by atoms with Crippen LogP contribution in [0.4, 0.5) is 20.5 Å². The second-order valence-electron chi connectivity index (χ2n) is 3.98. The van der Waals surface area contributed by atoms with Crippen molar-refractivity contribution in [3.05, 3.63) is 33.3 Å². The summed E-state index contributed by atoms with van der Waals surface area (Å²) in [6.07, 6.45) is 0.913. The fraction of sp³-hybridized carbons (Fsp3) is 0.0909. The Morgan fingerprint density at radius 2 is 2.10 bits per heavy atom. The standard InChI is InChI=1S/C11H7F2IN6/c1-4-7-8(14)19-20-10(7)18-11(16-4)17-9-6(13)2-5(12)3-15-9/h2-3H,1H3,(H2,15,16,17,18,19,20). The second-order valence-corrected chi connectivity index (χ2v) is 5.00. The fourth-order valence-corrected chi connectivity index (χ4v) is 2.49. The summed E-state index contributed by atoms with van der Waals surface area (Å²) in [5, 5.41) is 10.2. The lowest BCUT2D eigenvalue weighted by atomic mass is 10.3. The molecule has 0 atom stereocenters. The van der Waals surface area contributed by atoms with Crippen LogP contribution in [0.1, 0.15) is 5.69 Å². The Morgan fingerprint density at radius 1 is 1.30 bits per heavy atom. The Labute approximate surface area is 125 Å². The van der Waals surface area contributed by atoms with Gasteiger partial charge in [0.15, 0.2) is 17.3 Å². The number of fused-ring (bicyclic) bond motifs is 1. The molecule has 3 rings (SSSR count). The fourth-order valence-electron chi connectivity index (χ4n) is 1.73. The molecule has 0 bridgehead atoms. The lowest BCUT2D eigenvalue weighted by Crippen LogP contribution is -2.03. The van der Waals surface area contributed by atoms with E-state index in [0.717, 1.165) is 21.4 Å². The minimum Gasteiger partial charge on any atom is -0.306 e. The van der Waals surface area contributed by atoms with E-state index < -0.39 is 11.6 Å². The topological polar surface area (TPSA) is 79.4 Å². The summed E-state index contributed by atoms with van der Waals surface area (Å²) in [6, 6.07) is 0.736. The maximum absolute atomic E-state index is 13.5. The Bertz CT molecular complexity index is 803. The molecule has 6 nitrogen and oxygen atoms in total. The van der Waals surface area contributed by atoms with Gasteiger partial charge in [0.2, 0.25) is 5.95 Å². The molecule has 0 spiro atoms. The van der Waals surface area contributed by atoms with E-state index in [1.165, 1.54) is 0 Å². The minimum absolute atomic E-state index is 0.139. The molecule has 0 radical (unpaired) electrons. The maximum atomic E-state index is 13.5. The number of H-pyrrole nitrogens is 1. The van der Waals surface area contributed by atoms with Crippen LogP contribution in [0.15, 0.2) is 12.3 Å². The molecule has 20 heavy (non-hydrogen) atoms. The van der Waals surface area contributed by atoms with Crippen molar-refractivity contribution in [2.75, 3.05) is 5.32 Å². The number of aromatic nitrogens is 5. The van der Waals surface area contributed by atoms with Gasteiger partial charge >= 0.3 is 0 Å². The molecule has 102 valence electrons. The van der Waals surface area contributed by atoms with Crippen molar-refractivity contribution in [1.29, 1.82) is 0 Å². The molecule has 0 saturated heterocycles. The molecule has 0 aliphatic carbocycles. The smallest absolute Gasteiger partial charge is 0.230 e. The van der Waals surface area contributed by atoms with Gasteiger partial charge in [0.05, 0.1) is 17.3 Å². The van der Waals surface area contributed by atoms with Gasteiger partial charge in [-0.2, -0.15) is 10.1 Å². The molecule has 9 heteroatoms. The average Bonchev–Trinajstić information content (AvgIpc) is 2.75. The van der Waals surface area contributed by atoms with Gasteiger partial charge in [0, 0.05) is 6.07 Å². The molecule has 0 amide bonds. The van der Waals surface area contributed by atoms with Gasteiger partial charge in [-0.1, -0.05) is 0 Å². The molecule has 0 saturated carbocycles. The van der Waals surface area contributed by atoms with Crippen molar-refractivity contribution < 1.29 is 8.78 Å². The van der Waals surface area contributed by atoms with Gasteiger partial charge in [0.25, 0.3) is 0 Å². The number of nitrogens with one attached hydrogen (secondary N) is 2. The van der Waals surface area contributed by atoms with Crippen LogP contribution in [0.2, 0.25) is 0 Å². The van der Waals surface area contributed by atoms with Crippen molar-refractivity contribution >= 4 is 45.4 Å². The zero-order valence-electron chi connectivity index (χ0n) is 10.1. The summed E-state index contributed by atoms with van der Waals surface area (Å²) in [6.45, 7) is 1.79. The molecular weight excluding hydrogens is 381 g/mol. The number of rotatable bonds is 2. The summed E-state index contributed by atoms with van der Waals surface area (Å²) in [4.78, 5) is 12.0. The Morgan fingerprint density at radius 3 is 2.85 bits per heavy atom.